The Morgan fingerprint density at radius 2 is 1.97 bits per heavy atom. The van der Waals surface area contributed by atoms with Gasteiger partial charge in [0.1, 0.15) is 5.82 Å². The topological polar surface area (TPSA) is 61.4 Å². The molecule has 2 aliphatic rings. The zero-order valence-electron chi connectivity index (χ0n) is 19.2. The van der Waals surface area contributed by atoms with E-state index in [4.69, 9.17) is 9.47 Å². The van der Waals surface area contributed by atoms with E-state index in [0.29, 0.717) is 5.92 Å². The molecule has 1 unspecified atom stereocenters. The Balaban J connectivity index is 0.00000363. The smallest absolute Gasteiger partial charge is 0.191 e. The monoisotopic (exact) mass is 563 g/mol. The van der Waals surface area contributed by atoms with Crippen molar-refractivity contribution in [2.24, 2.45) is 10.9 Å². The Morgan fingerprint density at radius 3 is 2.66 bits per heavy atom. The Morgan fingerprint density at radius 1 is 1.19 bits per heavy atom. The molecular weight excluding hydrogens is 524 g/mol. The lowest BCUT2D eigenvalue weighted by molar-refractivity contribution is 0.0893. The van der Waals surface area contributed by atoms with Gasteiger partial charge in [-0.3, -0.25) is 9.89 Å². The number of nitrogens with zero attached hydrogens (tertiary/aromatic N) is 3. The SMILES string of the molecule is CCNC(=NCCCOCC1CCOC1)NCCN1CCN(c2ccc(F)cc2)CC1.I. The average Bonchev–Trinajstić information content (AvgIpc) is 3.31. The van der Waals surface area contributed by atoms with Gasteiger partial charge >= 0.3 is 0 Å². The molecule has 0 radical (unpaired) electrons. The van der Waals surface area contributed by atoms with Gasteiger partial charge in [-0.15, -0.1) is 24.0 Å². The van der Waals surface area contributed by atoms with E-state index in [2.05, 4.69) is 32.3 Å². The first-order valence-electron chi connectivity index (χ1n) is 11.6. The van der Waals surface area contributed by atoms with Gasteiger partial charge in [0.05, 0.1) is 13.2 Å². The van der Waals surface area contributed by atoms with Crippen molar-refractivity contribution in [2.45, 2.75) is 19.8 Å². The van der Waals surface area contributed by atoms with Gasteiger partial charge < -0.3 is 25.0 Å². The van der Waals surface area contributed by atoms with Gasteiger partial charge in [0.15, 0.2) is 5.96 Å². The lowest BCUT2D eigenvalue weighted by Gasteiger charge is -2.36. The maximum absolute atomic E-state index is 13.1. The molecular formula is C23H39FIN5O2. The van der Waals surface area contributed by atoms with Gasteiger partial charge in [-0.25, -0.2) is 4.39 Å². The van der Waals surface area contributed by atoms with Crippen molar-refractivity contribution in [1.29, 1.82) is 0 Å². The van der Waals surface area contributed by atoms with Gasteiger partial charge in [0.2, 0.25) is 0 Å². The molecule has 9 heteroatoms. The summed E-state index contributed by atoms with van der Waals surface area (Å²) in [5.74, 6) is 1.26. The quantitative estimate of drug-likeness (QED) is 0.187. The summed E-state index contributed by atoms with van der Waals surface area (Å²) in [6.45, 7) is 12.7. The van der Waals surface area contributed by atoms with Crippen LogP contribution in [0, 0.1) is 11.7 Å². The van der Waals surface area contributed by atoms with E-state index in [0.717, 1.165) is 103 Å². The van der Waals surface area contributed by atoms with Crippen molar-refractivity contribution in [3.05, 3.63) is 30.1 Å². The fourth-order valence-electron chi connectivity index (χ4n) is 3.88. The minimum Gasteiger partial charge on any atom is -0.381 e. The highest BCUT2D eigenvalue weighted by molar-refractivity contribution is 14.0. The number of ether oxygens (including phenoxy) is 2. The van der Waals surface area contributed by atoms with Crippen LogP contribution in [-0.4, -0.2) is 89.6 Å². The molecule has 2 saturated heterocycles. The molecule has 0 bridgehead atoms. The largest absolute Gasteiger partial charge is 0.381 e. The zero-order valence-corrected chi connectivity index (χ0v) is 21.6. The Labute approximate surface area is 209 Å². The number of aliphatic imine (C=N–C) groups is 1. The number of piperazine rings is 1. The first-order chi connectivity index (χ1) is 15.2. The van der Waals surface area contributed by atoms with Crippen LogP contribution < -0.4 is 15.5 Å². The lowest BCUT2D eigenvalue weighted by Crippen LogP contribution is -2.49. The number of benzene rings is 1. The van der Waals surface area contributed by atoms with Crippen LogP contribution in [0.5, 0.6) is 0 Å². The highest BCUT2D eigenvalue weighted by atomic mass is 127. The van der Waals surface area contributed by atoms with E-state index in [1.807, 2.05) is 12.1 Å². The van der Waals surface area contributed by atoms with Gasteiger partial charge in [0.25, 0.3) is 0 Å². The Hall–Kier alpha value is -1.17. The van der Waals surface area contributed by atoms with Gasteiger partial charge in [-0.05, 0) is 44.0 Å². The minimum absolute atomic E-state index is 0. The van der Waals surface area contributed by atoms with Gasteiger partial charge in [0, 0.05) is 77.2 Å². The molecule has 2 aliphatic heterocycles. The molecule has 0 amide bonds. The molecule has 1 atom stereocenters. The number of halogens is 2. The van der Waals surface area contributed by atoms with Crippen molar-refractivity contribution in [3.63, 3.8) is 0 Å². The predicted octanol–water partition coefficient (Wildman–Crippen LogP) is 2.56. The molecule has 2 fully saturated rings. The molecule has 7 nitrogen and oxygen atoms in total. The number of nitrogens with one attached hydrogen (secondary N) is 2. The van der Waals surface area contributed by atoms with E-state index in [1.54, 1.807) is 0 Å². The van der Waals surface area contributed by atoms with Crippen LogP contribution in [0.15, 0.2) is 29.3 Å². The predicted molar refractivity (Wildman–Crippen MR) is 139 cm³/mol. The summed E-state index contributed by atoms with van der Waals surface area (Å²) < 4.78 is 24.2. The molecule has 2 heterocycles. The highest BCUT2D eigenvalue weighted by Crippen LogP contribution is 2.16. The summed E-state index contributed by atoms with van der Waals surface area (Å²) in [7, 11) is 0. The Kier molecular flexibility index (Phi) is 13.2. The van der Waals surface area contributed by atoms with Gasteiger partial charge in [-0.1, -0.05) is 0 Å². The number of guanidine groups is 1. The van der Waals surface area contributed by atoms with Crippen LogP contribution in [-0.2, 0) is 9.47 Å². The molecule has 0 saturated carbocycles. The molecule has 182 valence electrons. The van der Waals surface area contributed by atoms with Gasteiger partial charge in [-0.2, -0.15) is 0 Å². The van der Waals surface area contributed by atoms with Crippen LogP contribution in [0.1, 0.15) is 19.8 Å². The molecule has 0 spiro atoms. The van der Waals surface area contributed by atoms with Crippen molar-refractivity contribution in [3.8, 4) is 0 Å². The summed E-state index contributed by atoms with van der Waals surface area (Å²) in [6, 6.07) is 6.79. The average molecular weight is 564 g/mol. The Bertz CT molecular complexity index is 650. The van der Waals surface area contributed by atoms with Crippen molar-refractivity contribution in [2.75, 3.05) is 83.7 Å². The summed E-state index contributed by atoms with van der Waals surface area (Å²) in [5.41, 5.74) is 1.10. The second kappa shape index (κ2) is 15.6. The third kappa shape index (κ3) is 9.76. The molecule has 2 N–H and O–H groups in total. The molecule has 0 aliphatic carbocycles. The fourth-order valence-corrected chi connectivity index (χ4v) is 3.88. The zero-order chi connectivity index (χ0) is 21.7. The summed E-state index contributed by atoms with van der Waals surface area (Å²) in [6.07, 6.45) is 2.05. The lowest BCUT2D eigenvalue weighted by atomic mass is 10.1. The van der Waals surface area contributed by atoms with Crippen LogP contribution >= 0.6 is 24.0 Å². The fraction of sp³-hybridized carbons (Fsp3) is 0.696. The molecule has 0 aromatic heterocycles. The van der Waals surface area contributed by atoms with Crippen molar-refractivity contribution in [1.82, 2.24) is 15.5 Å². The number of anilines is 1. The molecule has 32 heavy (non-hydrogen) atoms. The van der Waals surface area contributed by atoms with Crippen LogP contribution in [0.2, 0.25) is 0 Å². The highest BCUT2D eigenvalue weighted by Gasteiger charge is 2.17. The van der Waals surface area contributed by atoms with Crippen LogP contribution in [0.3, 0.4) is 0 Å². The van der Waals surface area contributed by atoms with E-state index in [9.17, 15) is 4.39 Å². The maximum Gasteiger partial charge on any atom is 0.191 e. The maximum atomic E-state index is 13.1. The number of hydrogen-bond acceptors (Lipinski definition) is 5. The summed E-state index contributed by atoms with van der Waals surface area (Å²) >= 11 is 0. The second-order valence-electron chi connectivity index (χ2n) is 8.15. The normalized spacial score (nSPS) is 19.6. The first kappa shape index (κ1) is 27.1. The number of rotatable bonds is 11. The second-order valence-corrected chi connectivity index (χ2v) is 8.15. The van der Waals surface area contributed by atoms with E-state index >= 15 is 0 Å². The van der Waals surface area contributed by atoms with E-state index in [1.165, 1.54) is 12.1 Å². The standard InChI is InChI=1S/C23H38FN5O2.HI/c1-2-25-23(26-9-3-16-30-18-20-8-17-31-19-20)27-10-11-28-12-14-29(15-13-28)22-6-4-21(24)5-7-22;/h4-7,20H,2-3,8-19H2,1H3,(H2,25,26,27);1H. The summed E-state index contributed by atoms with van der Waals surface area (Å²) in [5, 5.41) is 6.75. The van der Waals surface area contributed by atoms with E-state index in [-0.39, 0.29) is 29.8 Å². The van der Waals surface area contributed by atoms with Crippen molar-refractivity contribution >= 4 is 35.6 Å². The third-order valence-electron chi connectivity index (χ3n) is 5.72. The van der Waals surface area contributed by atoms with Crippen molar-refractivity contribution < 1.29 is 13.9 Å². The minimum atomic E-state index is -0.182. The molecule has 3 rings (SSSR count). The third-order valence-corrected chi connectivity index (χ3v) is 5.72. The summed E-state index contributed by atoms with van der Waals surface area (Å²) in [4.78, 5) is 9.43. The molecule has 1 aromatic carbocycles. The van der Waals surface area contributed by atoms with E-state index < -0.39 is 0 Å². The van der Waals surface area contributed by atoms with Crippen LogP contribution in [0.25, 0.3) is 0 Å². The van der Waals surface area contributed by atoms with Crippen LogP contribution in [0.4, 0.5) is 10.1 Å². The molecule has 1 aromatic rings. The number of hydrogen-bond donors (Lipinski definition) is 2. The first-order valence-corrected chi connectivity index (χ1v) is 11.6.